The molecule has 166 valence electrons. The average Bonchev–Trinajstić information content (AvgIpc) is 2.66. The fourth-order valence-electron chi connectivity index (χ4n) is 2.01. The maximum atomic E-state index is 13.3. The minimum Gasteiger partial charge on any atom is -0.465 e. The van der Waals surface area contributed by atoms with E-state index < -0.39 is 51.5 Å². The first-order valence-electron chi connectivity index (χ1n) is 8.23. The van der Waals surface area contributed by atoms with Crippen LogP contribution in [0.5, 0.6) is 0 Å². The van der Waals surface area contributed by atoms with Gasteiger partial charge in [0, 0.05) is 6.42 Å². The number of thiocarbonyl (C=S) groups is 1. The first-order chi connectivity index (χ1) is 13.7. The van der Waals surface area contributed by atoms with E-state index in [4.69, 9.17) is 16.8 Å². The summed E-state index contributed by atoms with van der Waals surface area (Å²) in [5.41, 5.74) is 0.698. The standard InChI is InChI=1S/C17H17F4NO5S3/c1-15(11-22,29-14(28)12-5-3-2-4-6-12)8-7-13(23)27-10-9-16(18,19)17(20,21)30(24,25)26/h2-6H,7-10H2,1H3,(H,24,25,26). The highest BCUT2D eigenvalue weighted by molar-refractivity contribution is 8.24. The van der Waals surface area contributed by atoms with Gasteiger partial charge in [0.05, 0.1) is 23.3 Å². The van der Waals surface area contributed by atoms with Gasteiger partial charge >= 0.3 is 27.3 Å². The van der Waals surface area contributed by atoms with Crippen LogP contribution in [0.4, 0.5) is 17.6 Å². The molecule has 0 aliphatic heterocycles. The SMILES string of the molecule is CC(C#N)(CCC(=O)OCCC(F)(F)C(F)(F)S(=O)(=O)O)SC(=S)c1ccccc1. The molecule has 1 N–H and O–H groups in total. The van der Waals surface area contributed by atoms with E-state index in [1.54, 1.807) is 30.3 Å². The third kappa shape index (κ3) is 6.90. The summed E-state index contributed by atoms with van der Waals surface area (Å²) in [6, 6.07) is 10.8. The Bertz CT molecular complexity index is 919. The van der Waals surface area contributed by atoms with Crippen LogP contribution in [0.2, 0.25) is 0 Å². The molecule has 1 atom stereocenters. The molecule has 13 heteroatoms. The van der Waals surface area contributed by atoms with E-state index in [0.29, 0.717) is 9.76 Å². The summed E-state index contributed by atoms with van der Waals surface area (Å²) in [6.45, 7) is 0.302. The van der Waals surface area contributed by atoms with Crippen molar-refractivity contribution < 1.29 is 40.1 Å². The zero-order valence-electron chi connectivity index (χ0n) is 15.5. The highest BCUT2D eigenvalue weighted by Crippen LogP contribution is 2.40. The second-order valence-corrected chi connectivity index (χ2v) is 9.91. The van der Waals surface area contributed by atoms with Gasteiger partial charge in [0.15, 0.2) is 0 Å². The number of halogens is 4. The van der Waals surface area contributed by atoms with Gasteiger partial charge in [-0.05, 0) is 18.9 Å². The van der Waals surface area contributed by atoms with Crippen molar-refractivity contribution in [2.45, 2.75) is 42.1 Å². The highest BCUT2D eigenvalue weighted by atomic mass is 32.2. The topological polar surface area (TPSA) is 104 Å². The van der Waals surface area contributed by atoms with Gasteiger partial charge in [-0.15, -0.1) is 0 Å². The van der Waals surface area contributed by atoms with Crippen molar-refractivity contribution in [1.29, 1.82) is 5.26 Å². The molecule has 0 spiro atoms. The molecular weight excluding hydrogens is 470 g/mol. The van der Waals surface area contributed by atoms with Crippen molar-refractivity contribution in [1.82, 2.24) is 0 Å². The number of nitrogens with zero attached hydrogens (tertiary/aromatic N) is 1. The maximum absolute atomic E-state index is 13.3. The number of hydrogen-bond acceptors (Lipinski definition) is 7. The van der Waals surface area contributed by atoms with E-state index in [1.807, 2.05) is 6.07 Å². The molecule has 1 rings (SSSR count). The molecule has 1 aromatic rings. The molecule has 0 bridgehead atoms. The van der Waals surface area contributed by atoms with E-state index >= 15 is 0 Å². The number of carbonyl (C=O) groups excluding carboxylic acids is 1. The minimum atomic E-state index is -6.35. The van der Waals surface area contributed by atoms with Crippen LogP contribution in [-0.2, 0) is 19.6 Å². The number of alkyl halides is 4. The summed E-state index contributed by atoms with van der Waals surface area (Å²) in [6.07, 6.45) is -2.29. The normalized spacial score (nSPS) is 14.4. The van der Waals surface area contributed by atoms with Gasteiger partial charge in [-0.3, -0.25) is 9.35 Å². The van der Waals surface area contributed by atoms with Crippen molar-refractivity contribution in [3.63, 3.8) is 0 Å². The van der Waals surface area contributed by atoms with Crippen LogP contribution in [0.15, 0.2) is 30.3 Å². The minimum absolute atomic E-state index is 0.0719. The third-order valence-electron chi connectivity index (χ3n) is 3.80. The monoisotopic (exact) mass is 487 g/mol. The summed E-state index contributed by atoms with van der Waals surface area (Å²) in [5, 5.41) is 3.67. The zero-order valence-corrected chi connectivity index (χ0v) is 17.9. The van der Waals surface area contributed by atoms with E-state index in [9.17, 15) is 36.0 Å². The first kappa shape index (κ1) is 26.3. The van der Waals surface area contributed by atoms with E-state index in [-0.39, 0.29) is 6.42 Å². The summed E-state index contributed by atoms with van der Waals surface area (Å²) in [4.78, 5) is 11.7. The second-order valence-electron chi connectivity index (χ2n) is 6.26. The van der Waals surface area contributed by atoms with E-state index in [1.165, 1.54) is 6.92 Å². The van der Waals surface area contributed by atoms with Gasteiger partial charge < -0.3 is 4.74 Å². The van der Waals surface area contributed by atoms with Crippen LogP contribution >= 0.6 is 24.0 Å². The fourth-order valence-corrected chi connectivity index (χ4v) is 4.09. The lowest BCUT2D eigenvalue weighted by Crippen LogP contribution is -2.47. The van der Waals surface area contributed by atoms with Crippen LogP contribution < -0.4 is 0 Å². The lowest BCUT2D eigenvalue weighted by Gasteiger charge is -2.23. The Labute approximate surface area is 180 Å². The molecule has 30 heavy (non-hydrogen) atoms. The molecule has 1 aromatic carbocycles. The first-order valence-corrected chi connectivity index (χ1v) is 10.9. The molecular formula is C17H17F4NO5S3. The Kier molecular flexibility index (Phi) is 8.80. The number of carbonyl (C=O) groups is 1. The van der Waals surface area contributed by atoms with E-state index in [0.717, 1.165) is 11.8 Å². The quantitative estimate of drug-likeness (QED) is 0.227. The van der Waals surface area contributed by atoms with Crippen LogP contribution in [0, 0.1) is 11.3 Å². The molecule has 0 fully saturated rings. The predicted octanol–water partition coefficient (Wildman–Crippen LogP) is 4.21. The van der Waals surface area contributed by atoms with Gasteiger partial charge in [0.25, 0.3) is 0 Å². The highest BCUT2D eigenvalue weighted by Gasteiger charge is 2.65. The molecule has 0 saturated carbocycles. The van der Waals surface area contributed by atoms with Crippen molar-refractivity contribution in [3.05, 3.63) is 35.9 Å². The molecule has 0 saturated heterocycles. The van der Waals surface area contributed by atoms with Crippen LogP contribution in [-0.4, -0.2) is 45.7 Å². The van der Waals surface area contributed by atoms with Crippen molar-refractivity contribution in [2.24, 2.45) is 0 Å². The van der Waals surface area contributed by atoms with Gasteiger partial charge in [0.1, 0.15) is 4.75 Å². The molecule has 0 amide bonds. The Balaban J connectivity index is 2.58. The summed E-state index contributed by atoms with van der Waals surface area (Å²) in [7, 11) is -6.35. The molecule has 0 aromatic heterocycles. The number of ether oxygens (including phenoxy) is 1. The van der Waals surface area contributed by atoms with Crippen LogP contribution in [0.3, 0.4) is 0 Å². The van der Waals surface area contributed by atoms with Gasteiger partial charge in [-0.2, -0.15) is 31.2 Å². The number of hydrogen-bond donors (Lipinski definition) is 1. The number of rotatable bonds is 10. The number of thioether (sulfide) groups is 1. The molecule has 0 aliphatic carbocycles. The Morgan fingerprint density at radius 2 is 1.80 bits per heavy atom. The number of benzene rings is 1. The lowest BCUT2D eigenvalue weighted by atomic mass is 10.1. The molecule has 6 nitrogen and oxygen atoms in total. The zero-order chi connectivity index (χ0) is 23.2. The van der Waals surface area contributed by atoms with Crippen molar-refractivity contribution in [2.75, 3.05) is 6.61 Å². The third-order valence-corrected chi connectivity index (χ3v) is 6.40. The molecule has 1 unspecified atom stereocenters. The molecule has 0 heterocycles. The van der Waals surface area contributed by atoms with Gasteiger partial charge in [-0.1, -0.05) is 54.3 Å². The van der Waals surface area contributed by atoms with Crippen LogP contribution in [0.1, 0.15) is 31.7 Å². The summed E-state index contributed by atoms with van der Waals surface area (Å²) in [5.74, 6) is -6.20. The van der Waals surface area contributed by atoms with Gasteiger partial charge in [-0.25, -0.2) is 0 Å². The summed E-state index contributed by atoms with van der Waals surface area (Å²) < 4.78 is 85.6. The molecule has 0 radical (unpaired) electrons. The second kappa shape index (κ2) is 10.0. The Morgan fingerprint density at radius 1 is 1.23 bits per heavy atom. The predicted molar refractivity (Wildman–Crippen MR) is 106 cm³/mol. The van der Waals surface area contributed by atoms with E-state index in [2.05, 4.69) is 4.74 Å². The Hall–Kier alpha value is -1.75. The fraction of sp³-hybridized carbons (Fsp3) is 0.471. The number of nitriles is 1. The summed E-state index contributed by atoms with van der Waals surface area (Å²) >= 11 is 6.29. The largest absolute Gasteiger partial charge is 0.465 e. The van der Waals surface area contributed by atoms with Crippen LogP contribution in [0.25, 0.3) is 0 Å². The Morgan fingerprint density at radius 3 is 2.30 bits per heavy atom. The maximum Gasteiger partial charge on any atom is 0.431 e. The lowest BCUT2D eigenvalue weighted by molar-refractivity contribution is -0.174. The molecule has 0 aliphatic rings. The van der Waals surface area contributed by atoms with Gasteiger partial charge in [0.2, 0.25) is 0 Å². The number of esters is 1. The van der Waals surface area contributed by atoms with Crippen molar-refractivity contribution in [3.8, 4) is 6.07 Å². The average molecular weight is 488 g/mol. The smallest absolute Gasteiger partial charge is 0.431 e. The van der Waals surface area contributed by atoms with Crippen molar-refractivity contribution >= 4 is 44.3 Å².